The fourth-order valence-corrected chi connectivity index (χ4v) is 1.40. The highest BCUT2D eigenvalue weighted by molar-refractivity contribution is 6.33. The Bertz CT molecular complexity index is 449. The molecule has 0 N–H and O–H groups in total. The van der Waals surface area contributed by atoms with Crippen LogP contribution in [0.5, 0.6) is 0 Å². The van der Waals surface area contributed by atoms with E-state index in [2.05, 4.69) is 4.74 Å². The van der Waals surface area contributed by atoms with E-state index in [9.17, 15) is 19.3 Å². The number of nitro groups is 1. The minimum absolute atomic E-state index is 0.154. The molecule has 1 rings (SSSR count). The van der Waals surface area contributed by atoms with Gasteiger partial charge in [0.25, 0.3) is 0 Å². The number of esters is 1. The molecule has 7 heteroatoms. The summed E-state index contributed by atoms with van der Waals surface area (Å²) >= 11 is 5.62. The van der Waals surface area contributed by atoms with E-state index in [0.717, 1.165) is 6.07 Å². The number of hydrogen-bond donors (Lipinski definition) is 0. The van der Waals surface area contributed by atoms with E-state index in [1.54, 1.807) is 0 Å². The Morgan fingerprint density at radius 1 is 1.62 bits per heavy atom. The lowest BCUT2D eigenvalue weighted by Crippen LogP contribution is -2.06. The van der Waals surface area contributed by atoms with Crippen LogP contribution in [-0.4, -0.2) is 18.0 Å². The standard InChI is InChI=1S/C9H7ClFNO4/c1-16-7(13)4-5-2-3-6(11)9(8(5)10)12(14)15/h2-3H,4H2,1H3. The number of hydrogen-bond acceptors (Lipinski definition) is 4. The molecule has 16 heavy (non-hydrogen) atoms. The van der Waals surface area contributed by atoms with Crippen molar-refractivity contribution < 1.29 is 18.8 Å². The highest BCUT2D eigenvalue weighted by atomic mass is 35.5. The van der Waals surface area contributed by atoms with E-state index < -0.39 is 22.4 Å². The van der Waals surface area contributed by atoms with Crippen molar-refractivity contribution in [2.24, 2.45) is 0 Å². The van der Waals surface area contributed by atoms with Gasteiger partial charge < -0.3 is 4.74 Å². The van der Waals surface area contributed by atoms with Crippen LogP contribution in [0.4, 0.5) is 10.1 Å². The van der Waals surface area contributed by atoms with Crippen molar-refractivity contribution in [3.8, 4) is 0 Å². The lowest BCUT2D eigenvalue weighted by molar-refractivity contribution is -0.387. The van der Waals surface area contributed by atoms with Gasteiger partial charge in [-0.15, -0.1) is 0 Å². The highest BCUT2D eigenvalue weighted by Crippen LogP contribution is 2.31. The van der Waals surface area contributed by atoms with Gasteiger partial charge in [-0.25, -0.2) is 0 Å². The number of benzene rings is 1. The zero-order valence-corrected chi connectivity index (χ0v) is 8.95. The molecular weight excluding hydrogens is 241 g/mol. The van der Waals surface area contributed by atoms with E-state index in [1.807, 2.05) is 0 Å². The van der Waals surface area contributed by atoms with Crippen LogP contribution in [0.15, 0.2) is 12.1 Å². The summed E-state index contributed by atoms with van der Waals surface area (Å²) < 4.78 is 17.4. The van der Waals surface area contributed by atoms with Crippen LogP contribution in [0, 0.1) is 15.9 Å². The molecule has 0 aromatic heterocycles. The Morgan fingerprint density at radius 2 is 2.25 bits per heavy atom. The first-order valence-corrected chi connectivity index (χ1v) is 4.53. The number of carbonyl (C=O) groups excluding carboxylic acids is 1. The molecule has 0 saturated carbocycles. The summed E-state index contributed by atoms with van der Waals surface area (Å²) in [6, 6.07) is 2.10. The van der Waals surface area contributed by atoms with Gasteiger partial charge in [-0.2, -0.15) is 4.39 Å². The normalized spacial score (nSPS) is 9.94. The third-order valence-electron chi connectivity index (χ3n) is 1.89. The second-order valence-electron chi connectivity index (χ2n) is 2.88. The second-order valence-corrected chi connectivity index (χ2v) is 3.26. The maximum atomic E-state index is 13.1. The molecule has 1 aromatic rings. The lowest BCUT2D eigenvalue weighted by atomic mass is 10.1. The molecule has 0 spiro atoms. The van der Waals surface area contributed by atoms with Gasteiger partial charge in [-0.3, -0.25) is 14.9 Å². The number of nitrogens with zero attached hydrogens (tertiary/aromatic N) is 1. The van der Waals surface area contributed by atoms with Crippen molar-refractivity contribution in [3.05, 3.63) is 38.7 Å². The molecule has 0 fully saturated rings. The van der Waals surface area contributed by atoms with Gasteiger partial charge in [-0.05, 0) is 11.6 Å². The summed E-state index contributed by atoms with van der Waals surface area (Å²) in [6.45, 7) is 0. The van der Waals surface area contributed by atoms with Gasteiger partial charge in [0.2, 0.25) is 5.82 Å². The third kappa shape index (κ3) is 2.46. The number of nitro benzene ring substituents is 1. The predicted molar refractivity (Wildman–Crippen MR) is 53.8 cm³/mol. The first-order valence-electron chi connectivity index (χ1n) is 4.15. The molecule has 0 unspecified atom stereocenters. The summed E-state index contributed by atoms with van der Waals surface area (Å²) in [5, 5.41) is 10.1. The zero-order valence-electron chi connectivity index (χ0n) is 8.20. The van der Waals surface area contributed by atoms with Crippen molar-refractivity contribution in [1.29, 1.82) is 0 Å². The summed E-state index contributed by atoms with van der Waals surface area (Å²) in [4.78, 5) is 20.5. The molecule has 0 heterocycles. The van der Waals surface area contributed by atoms with Crippen LogP contribution >= 0.6 is 11.6 Å². The summed E-state index contributed by atoms with van der Waals surface area (Å²) in [5.74, 6) is -1.65. The minimum Gasteiger partial charge on any atom is -0.469 e. The van der Waals surface area contributed by atoms with Crippen molar-refractivity contribution in [1.82, 2.24) is 0 Å². The molecule has 0 aliphatic heterocycles. The Hall–Kier alpha value is -1.69. The Balaban J connectivity index is 3.18. The number of carbonyl (C=O) groups is 1. The number of ether oxygens (including phenoxy) is 1. The molecule has 0 saturated heterocycles. The Morgan fingerprint density at radius 3 is 2.75 bits per heavy atom. The molecule has 0 bridgehead atoms. The highest BCUT2D eigenvalue weighted by Gasteiger charge is 2.23. The van der Waals surface area contributed by atoms with Crippen LogP contribution < -0.4 is 0 Å². The van der Waals surface area contributed by atoms with Crippen LogP contribution in [0.25, 0.3) is 0 Å². The average Bonchev–Trinajstić information content (AvgIpc) is 2.21. The molecule has 0 aliphatic rings. The smallest absolute Gasteiger partial charge is 0.323 e. The Kier molecular flexibility index (Phi) is 3.78. The first kappa shape index (κ1) is 12.4. The van der Waals surface area contributed by atoms with E-state index >= 15 is 0 Å². The predicted octanol–water partition coefficient (Wildman–Crippen LogP) is 2.10. The monoisotopic (exact) mass is 247 g/mol. The first-order chi connectivity index (χ1) is 7.47. The SMILES string of the molecule is COC(=O)Cc1ccc(F)c([N+](=O)[O-])c1Cl. The topological polar surface area (TPSA) is 69.4 Å². The van der Waals surface area contributed by atoms with Gasteiger partial charge in [0.05, 0.1) is 18.5 Å². The molecule has 0 atom stereocenters. The van der Waals surface area contributed by atoms with E-state index in [-0.39, 0.29) is 17.0 Å². The van der Waals surface area contributed by atoms with Gasteiger partial charge in [0.15, 0.2) is 0 Å². The molecule has 0 amide bonds. The summed E-state index contributed by atoms with van der Waals surface area (Å²) in [6.07, 6.45) is -0.240. The van der Waals surface area contributed by atoms with Crippen LogP contribution in [-0.2, 0) is 16.0 Å². The van der Waals surface area contributed by atoms with Crippen LogP contribution in [0.1, 0.15) is 5.56 Å². The number of rotatable bonds is 3. The average molecular weight is 248 g/mol. The fourth-order valence-electron chi connectivity index (χ4n) is 1.11. The maximum Gasteiger partial charge on any atom is 0.323 e. The summed E-state index contributed by atoms with van der Waals surface area (Å²) in [5.41, 5.74) is -0.676. The van der Waals surface area contributed by atoms with Gasteiger partial charge in [0.1, 0.15) is 5.02 Å². The number of halogens is 2. The molecule has 0 aliphatic carbocycles. The molecule has 86 valence electrons. The fraction of sp³-hybridized carbons (Fsp3) is 0.222. The van der Waals surface area contributed by atoms with Gasteiger partial charge in [0, 0.05) is 0 Å². The largest absolute Gasteiger partial charge is 0.469 e. The van der Waals surface area contributed by atoms with E-state index in [1.165, 1.54) is 13.2 Å². The van der Waals surface area contributed by atoms with Gasteiger partial charge in [-0.1, -0.05) is 17.7 Å². The zero-order chi connectivity index (χ0) is 12.3. The van der Waals surface area contributed by atoms with E-state index in [4.69, 9.17) is 11.6 Å². The number of methoxy groups -OCH3 is 1. The molecule has 1 aromatic carbocycles. The van der Waals surface area contributed by atoms with Crippen molar-refractivity contribution in [3.63, 3.8) is 0 Å². The Labute approximate surface area is 94.9 Å². The quantitative estimate of drug-likeness (QED) is 0.466. The third-order valence-corrected chi connectivity index (χ3v) is 2.31. The van der Waals surface area contributed by atoms with Gasteiger partial charge >= 0.3 is 11.7 Å². The maximum absolute atomic E-state index is 13.1. The van der Waals surface area contributed by atoms with Crippen molar-refractivity contribution >= 4 is 23.3 Å². The molecule has 0 radical (unpaired) electrons. The minimum atomic E-state index is -1.04. The van der Waals surface area contributed by atoms with E-state index in [0.29, 0.717) is 0 Å². The van der Waals surface area contributed by atoms with Crippen molar-refractivity contribution in [2.45, 2.75) is 6.42 Å². The van der Waals surface area contributed by atoms with Crippen LogP contribution in [0.2, 0.25) is 5.02 Å². The van der Waals surface area contributed by atoms with Crippen LogP contribution in [0.3, 0.4) is 0 Å². The lowest BCUT2D eigenvalue weighted by Gasteiger charge is -2.04. The molecule has 5 nitrogen and oxygen atoms in total. The van der Waals surface area contributed by atoms with Crippen molar-refractivity contribution in [2.75, 3.05) is 7.11 Å². The molecular formula is C9H7ClFNO4. The second kappa shape index (κ2) is 4.89. The summed E-state index contributed by atoms with van der Waals surface area (Å²) in [7, 11) is 1.17.